The van der Waals surface area contributed by atoms with Crippen LogP contribution in [0.3, 0.4) is 0 Å². The van der Waals surface area contributed by atoms with Gasteiger partial charge in [-0.3, -0.25) is 4.79 Å². The van der Waals surface area contributed by atoms with Gasteiger partial charge in [-0.15, -0.1) is 0 Å². The summed E-state index contributed by atoms with van der Waals surface area (Å²) in [5.41, 5.74) is 3.55. The van der Waals surface area contributed by atoms with E-state index in [1.54, 1.807) is 0 Å². The largest absolute Gasteiger partial charge is 0.393 e. The fourth-order valence-corrected chi connectivity index (χ4v) is 8.38. The molecule has 4 aliphatic carbocycles. The highest BCUT2D eigenvalue weighted by Crippen LogP contribution is 2.60. The first-order valence-electron chi connectivity index (χ1n) is 14.2. The molecule has 7 heteroatoms. The predicted molar refractivity (Wildman–Crippen MR) is 140 cm³/mol. The Kier molecular flexibility index (Phi) is 6.17. The van der Waals surface area contributed by atoms with Crippen molar-refractivity contribution in [3.05, 3.63) is 29.3 Å². The van der Waals surface area contributed by atoms with Gasteiger partial charge in [-0.25, -0.2) is 4.79 Å². The third-order valence-electron chi connectivity index (χ3n) is 9.98. The van der Waals surface area contributed by atoms with E-state index in [1.165, 1.54) is 16.8 Å². The summed E-state index contributed by atoms with van der Waals surface area (Å²) in [5, 5.41) is 14.0. The molecule has 1 aromatic rings. The third-order valence-corrected chi connectivity index (χ3v) is 9.98. The number of nitrogens with zero attached hydrogens (tertiary/aromatic N) is 3. The van der Waals surface area contributed by atoms with Crippen molar-refractivity contribution in [3.63, 3.8) is 0 Å². The number of benzene rings is 1. The number of piperidine rings is 1. The number of amides is 3. The second-order valence-electron chi connectivity index (χ2n) is 12.5. The van der Waals surface area contributed by atoms with Crippen LogP contribution < -0.4 is 10.2 Å². The maximum Gasteiger partial charge on any atom is 0.320 e. The number of aliphatic hydroxyl groups is 1. The average Bonchev–Trinajstić information content (AvgIpc) is 2.86. The molecule has 1 aromatic carbocycles. The van der Waals surface area contributed by atoms with Crippen molar-refractivity contribution in [2.45, 2.75) is 70.9 Å². The van der Waals surface area contributed by atoms with Gasteiger partial charge >= 0.3 is 6.03 Å². The topological polar surface area (TPSA) is 76.1 Å². The van der Waals surface area contributed by atoms with Gasteiger partial charge in [-0.2, -0.15) is 0 Å². The SMILES string of the molecule is Cc1ccc(N2CCN(C(=O)N3CCC[C@H](NC(=O)[C@@]45CC6CC(C4)C(O)[C@H](C6)C5)C3)CC2)c(C)c1. The number of aryl methyl sites for hydroxylation is 2. The molecule has 6 atom stereocenters. The lowest BCUT2D eigenvalue weighted by atomic mass is 9.48. The van der Waals surface area contributed by atoms with Crippen LogP contribution in [0.5, 0.6) is 0 Å². The number of piperazine rings is 1. The molecule has 0 aromatic heterocycles. The number of nitrogens with one attached hydrogen (secondary N) is 1. The smallest absolute Gasteiger partial charge is 0.320 e. The van der Waals surface area contributed by atoms with Crippen LogP contribution in [0.15, 0.2) is 18.2 Å². The number of hydrogen-bond donors (Lipinski definition) is 2. The molecular formula is C29H42N4O3. The van der Waals surface area contributed by atoms with Gasteiger partial charge in [0, 0.05) is 51.0 Å². The normalized spacial score (nSPS) is 35.8. The van der Waals surface area contributed by atoms with Crippen molar-refractivity contribution < 1.29 is 14.7 Å². The summed E-state index contributed by atoms with van der Waals surface area (Å²) in [6, 6.07) is 6.73. The quantitative estimate of drug-likeness (QED) is 0.676. The van der Waals surface area contributed by atoms with Crippen LogP contribution in [0.25, 0.3) is 0 Å². The molecule has 4 bridgehead atoms. The number of carbonyl (C=O) groups is 2. The minimum absolute atomic E-state index is 0.0321. The van der Waals surface area contributed by atoms with Crippen LogP contribution >= 0.6 is 0 Å². The lowest BCUT2D eigenvalue weighted by molar-refractivity contribution is -0.163. The number of likely N-dealkylation sites (tertiary alicyclic amines) is 1. The van der Waals surface area contributed by atoms with Crippen molar-refractivity contribution >= 4 is 17.6 Å². The molecule has 36 heavy (non-hydrogen) atoms. The molecule has 4 saturated carbocycles. The fraction of sp³-hybridized carbons (Fsp3) is 0.724. The van der Waals surface area contributed by atoms with Crippen LogP contribution in [-0.4, -0.2) is 78.3 Å². The molecule has 2 heterocycles. The van der Waals surface area contributed by atoms with Crippen molar-refractivity contribution in [3.8, 4) is 0 Å². The second-order valence-corrected chi connectivity index (χ2v) is 12.5. The first kappa shape index (κ1) is 24.1. The molecular weight excluding hydrogens is 452 g/mol. The molecule has 7 rings (SSSR count). The molecule has 2 N–H and O–H groups in total. The first-order valence-corrected chi connectivity index (χ1v) is 14.2. The van der Waals surface area contributed by atoms with E-state index in [1.807, 2.05) is 9.80 Å². The van der Waals surface area contributed by atoms with Gasteiger partial charge in [0.25, 0.3) is 0 Å². The van der Waals surface area contributed by atoms with Crippen molar-refractivity contribution in [1.29, 1.82) is 0 Å². The van der Waals surface area contributed by atoms with E-state index in [0.717, 1.165) is 77.7 Å². The standard InChI is InChI=1S/C29H42N4O3/c1-19-5-6-25(20(2)12-19)31-8-10-32(11-9-31)28(36)33-7-3-4-24(18-33)30-27(35)29-15-21-13-22(16-29)26(34)23(14-21)17-29/h5-6,12,21-24,26,34H,3-4,7-11,13-18H2,1-2H3,(H,30,35)/t21?,22-,23?,24+,26?,29-/m1/s1. The summed E-state index contributed by atoms with van der Waals surface area (Å²) in [4.78, 5) is 33.3. The number of hydrogen-bond acceptors (Lipinski definition) is 4. The zero-order valence-corrected chi connectivity index (χ0v) is 21.9. The van der Waals surface area contributed by atoms with E-state index in [-0.39, 0.29) is 29.5 Å². The van der Waals surface area contributed by atoms with Crippen molar-refractivity contribution in [2.75, 3.05) is 44.2 Å². The highest BCUT2D eigenvalue weighted by molar-refractivity contribution is 5.83. The molecule has 0 radical (unpaired) electrons. The Hall–Kier alpha value is -2.28. The van der Waals surface area contributed by atoms with Gasteiger partial charge < -0.3 is 25.1 Å². The summed E-state index contributed by atoms with van der Waals surface area (Å²) >= 11 is 0. The zero-order chi connectivity index (χ0) is 25.0. The van der Waals surface area contributed by atoms with Crippen LogP contribution in [0.2, 0.25) is 0 Å². The Morgan fingerprint density at radius 1 is 0.972 bits per heavy atom. The Morgan fingerprint density at radius 3 is 2.39 bits per heavy atom. The van der Waals surface area contributed by atoms with E-state index in [9.17, 15) is 14.7 Å². The molecule has 196 valence electrons. The van der Waals surface area contributed by atoms with Gasteiger partial charge in [0.05, 0.1) is 11.5 Å². The van der Waals surface area contributed by atoms with Crippen LogP contribution in [0.1, 0.15) is 56.1 Å². The minimum atomic E-state index is -0.285. The third kappa shape index (κ3) is 4.27. The summed E-state index contributed by atoms with van der Waals surface area (Å²) in [7, 11) is 0. The Balaban J connectivity index is 1.04. The number of rotatable bonds is 3. The second kappa shape index (κ2) is 9.23. The molecule has 2 saturated heterocycles. The Morgan fingerprint density at radius 2 is 1.69 bits per heavy atom. The van der Waals surface area contributed by atoms with Crippen LogP contribution in [-0.2, 0) is 4.79 Å². The predicted octanol–water partition coefficient (Wildman–Crippen LogP) is 3.31. The molecule has 3 unspecified atom stereocenters. The Labute approximate surface area is 215 Å². The molecule has 0 spiro atoms. The van der Waals surface area contributed by atoms with Gasteiger partial charge in [0.1, 0.15) is 0 Å². The first-order chi connectivity index (χ1) is 17.3. The Bertz CT molecular complexity index is 1000. The van der Waals surface area contributed by atoms with Crippen molar-refractivity contribution in [2.24, 2.45) is 23.2 Å². The monoisotopic (exact) mass is 494 g/mol. The summed E-state index contributed by atoms with van der Waals surface area (Å²) in [6.45, 7) is 8.82. The number of urea groups is 1. The van der Waals surface area contributed by atoms with Crippen molar-refractivity contribution in [1.82, 2.24) is 15.1 Å². The summed E-state index contributed by atoms with van der Waals surface area (Å²) in [5.74, 6) is 1.39. The minimum Gasteiger partial charge on any atom is -0.393 e. The number of anilines is 1. The maximum absolute atomic E-state index is 13.6. The van der Waals surface area contributed by atoms with E-state index >= 15 is 0 Å². The van der Waals surface area contributed by atoms with E-state index in [0.29, 0.717) is 24.3 Å². The highest BCUT2D eigenvalue weighted by Gasteiger charge is 2.58. The van der Waals surface area contributed by atoms with E-state index < -0.39 is 0 Å². The number of aliphatic hydroxyl groups excluding tert-OH is 1. The number of carbonyl (C=O) groups excluding carboxylic acids is 2. The summed E-state index contributed by atoms with van der Waals surface area (Å²) in [6.07, 6.45) is 6.51. The molecule has 3 amide bonds. The molecule has 7 nitrogen and oxygen atoms in total. The average molecular weight is 495 g/mol. The van der Waals surface area contributed by atoms with Gasteiger partial charge in [0.15, 0.2) is 0 Å². The fourth-order valence-electron chi connectivity index (χ4n) is 8.38. The maximum atomic E-state index is 13.6. The van der Waals surface area contributed by atoms with Gasteiger partial charge in [0.2, 0.25) is 5.91 Å². The summed E-state index contributed by atoms with van der Waals surface area (Å²) < 4.78 is 0. The van der Waals surface area contributed by atoms with Crippen LogP contribution in [0.4, 0.5) is 10.5 Å². The van der Waals surface area contributed by atoms with Crippen LogP contribution in [0, 0.1) is 37.0 Å². The molecule has 6 fully saturated rings. The lowest BCUT2D eigenvalue weighted by Gasteiger charge is -2.58. The molecule has 6 aliphatic rings. The molecule has 2 aliphatic heterocycles. The zero-order valence-electron chi connectivity index (χ0n) is 21.9. The van der Waals surface area contributed by atoms with E-state index in [4.69, 9.17) is 0 Å². The lowest BCUT2D eigenvalue weighted by Crippen LogP contribution is -2.61. The van der Waals surface area contributed by atoms with E-state index in [2.05, 4.69) is 42.3 Å². The van der Waals surface area contributed by atoms with Gasteiger partial charge in [-0.1, -0.05) is 17.7 Å². The van der Waals surface area contributed by atoms with Gasteiger partial charge in [-0.05, 0) is 88.2 Å². The highest BCUT2D eigenvalue weighted by atomic mass is 16.3.